The van der Waals surface area contributed by atoms with Crippen LogP contribution in [0, 0.1) is 13.8 Å². The summed E-state index contributed by atoms with van der Waals surface area (Å²) in [6, 6.07) is 5.64. The largest absolute Gasteiger partial charge is 0.480 e. The quantitative estimate of drug-likeness (QED) is 0.883. The second-order valence-corrected chi connectivity index (χ2v) is 4.77. The molecule has 1 atom stereocenters. The van der Waals surface area contributed by atoms with Crippen LogP contribution >= 0.6 is 0 Å². The number of hydrogen-bond donors (Lipinski definition) is 1. The second kappa shape index (κ2) is 5.50. The molecule has 0 amide bonds. The van der Waals surface area contributed by atoms with E-state index in [-0.39, 0.29) is 6.61 Å². The molecule has 1 aliphatic heterocycles. The molecule has 1 aliphatic rings. The molecule has 1 aromatic rings. The van der Waals surface area contributed by atoms with Gasteiger partial charge in [0.05, 0.1) is 13.2 Å². The molecular weight excluding hydrogens is 230 g/mol. The van der Waals surface area contributed by atoms with E-state index in [9.17, 15) is 9.90 Å². The van der Waals surface area contributed by atoms with Gasteiger partial charge in [-0.05, 0) is 30.5 Å². The normalized spacial score (nSPS) is 20.9. The van der Waals surface area contributed by atoms with Crippen molar-refractivity contribution in [1.82, 2.24) is 4.90 Å². The van der Waals surface area contributed by atoms with Crippen molar-refractivity contribution in [2.45, 2.75) is 26.4 Å². The van der Waals surface area contributed by atoms with Crippen molar-refractivity contribution in [2.75, 3.05) is 19.8 Å². The molecule has 1 heterocycles. The van der Waals surface area contributed by atoms with E-state index < -0.39 is 12.0 Å². The Balaban J connectivity index is 2.18. The Hall–Kier alpha value is -1.39. The van der Waals surface area contributed by atoms with Crippen molar-refractivity contribution in [2.24, 2.45) is 0 Å². The summed E-state index contributed by atoms with van der Waals surface area (Å²) in [7, 11) is 0. The van der Waals surface area contributed by atoms with Crippen molar-refractivity contribution >= 4 is 5.97 Å². The zero-order valence-corrected chi connectivity index (χ0v) is 10.8. The predicted octanol–water partition coefficient (Wildman–Crippen LogP) is 1.59. The van der Waals surface area contributed by atoms with Crippen LogP contribution in [-0.2, 0) is 16.1 Å². The molecule has 0 spiro atoms. The van der Waals surface area contributed by atoms with E-state index in [0.717, 1.165) is 0 Å². The molecule has 0 bridgehead atoms. The summed E-state index contributed by atoms with van der Waals surface area (Å²) >= 11 is 0. The van der Waals surface area contributed by atoms with Crippen LogP contribution in [0.2, 0.25) is 0 Å². The van der Waals surface area contributed by atoms with Gasteiger partial charge in [-0.15, -0.1) is 0 Å². The fourth-order valence-electron chi connectivity index (χ4n) is 2.36. The van der Waals surface area contributed by atoms with Crippen LogP contribution in [0.3, 0.4) is 0 Å². The van der Waals surface area contributed by atoms with E-state index in [1.54, 1.807) is 0 Å². The van der Waals surface area contributed by atoms with Crippen LogP contribution in [-0.4, -0.2) is 41.8 Å². The maximum absolute atomic E-state index is 11.2. The molecule has 0 aromatic heterocycles. The second-order valence-electron chi connectivity index (χ2n) is 4.77. The van der Waals surface area contributed by atoms with Gasteiger partial charge in [0.2, 0.25) is 0 Å². The molecule has 4 heteroatoms. The molecule has 0 saturated carbocycles. The zero-order chi connectivity index (χ0) is 13.1. The lowest BCUT2D eigenvalue weighted by Crippen LogP contribution is -2.49. The first kappa shape index (κ1) is 13.1. The van der Waals surface area contributed by atoms with Crippen LogP contribution in [0.15, 0.2) is 18.2 Å². The summed E-state index contributed by atoms with van der Waals surface area (Å²) in [5.74, 6) is -0.805. The Morgan fingerprint density at radius 2 is 2.11 bits per heavy atom. The minimum absolute atomic E-state index is 0.278. The van der Waals surface area contributed by atoms with Gasteiger partial charge in [0.15, 0.2) is 0 Å². The molecule has 2 rings (SSSR count). The lowest BCUT2D eigenvalue weighted by Gasteiger charge is -2.33. The topological polar surface area (TPSA) is 49.8 Å². The van der Waals surface area contributed by atoms with Gasteiger partial charge in [0, 0.05) is 13.1 Å². The van der Waals surface area contributed by atoms with Crippen molar-refractivity contribution in [3.05, 3.63) is 34.9 Å². The average Bonchev–Trinajstić information content (AvgIpc) is 2.34. The first-order valence-electron chi connectivity index (χ1n) is 6.19. The number of ether oxygens (including phenoxy) is 1. The third-order valence-electron chi connectivity index (χ3n) is 3.53. The number of aryl methyl sites for hydroxylation is 2. The van der Waals surface area contributed by atoms with Crippen LogP contribution in [0.1, 0.15) is 16.7 Å². The van der Waals surface area contributed by atoms with Crippen molar-refractivity contribution in [3.8, 4) is 0 Å². The van der Waals surface area contributed by atoms with E-state index >= 15 is 0 Å². The summed E-state index contributed by atoms with van der Waals surface area (Å²) in [6.07, 6.45) is 0. The fraction of sp³-hybridized carbons (Fsp3) is 0.500. The lowest BCUT2D eigenvalue weighted by molar-refractivity contribution is -0.150. The molecule has 98 valence electrons. The minimum Gasteiger partial charge on any atom is -0.480 e. The van der Waals surface area contributed by atoms with Gasteiger partial charge in [0.1, 0.15) is 6.04 Å². The molecule has 0 aliphatic carbocycles. The average molecular weight is 249 g/mol. The van der Waals surface area contributed by atoms with E-state index in [1.807, 2.05) is 11.0 Å². The Morgan fingerprint density at radius 1 is 1.44 bits per heavy atom. The van der Waals surface area contributed by atoms with Crippen molar-refractivity contribution in [3.63, 3.8) is 0 Å². The zero-order valence-electron chi connectivity index (χ0n) is 10.8. The molecule has 1 unspecified atom stereocenters. The smallest absolute Gasteiger partial charge is 0.323 e. The minimum atomic E-state index is -0.805. The van der Waals surface area contributed by atoms with Gasteiger partial charge in [-0.2, -0.15) is 0 Å². The van der Waals surface area contributed by atoms with Crippen molar-refractivity contribution in [1.29, 1.82) is 0 Å². The standard InChI is InChI=1S/C14H19NO3/c1-10-4-3-5-11(2)12(10)8-15-6-7-18-9-13(15)14(16)17/h3-5,13H,6-9H2,1-2H3,(H,16,17). The SMILES string of the molecule is Cc1cccc(C)c1CN1CCOCC1C(=O)O. The summed E-state index contributed by atoms with van der Waals surface area (Å²) < 4.78 is 5.25. The first-order chi connectivity index (χ1) is 8.59. The van der Waals surface area contributed by atoms with Gasteiger partial charge in [-0.3, -0.25) is 9.69 Å². The highest BCUT2D eigenvalue weighted by atomic mass is 16.5. The van der Waals surface area contributed by atoms with E-state index in [2.05, 4.69) is 26.0 Å². The molecular formula is C14H19NO3. The van der Waals surface area contributed by atoms with Gasteiger partial charge in [-0.25, -0.2) is 0 Å². The molecule has 1 N–H and O–H groups in total. The molecule has 0 radical (unpaired) electrons. The number of aliphatic carboxylic acids is 1. The fourth-order valence-corrected chi connectivity index (χ4v) is 2.36. The maximum Gasteiger partial charge on any atom is 0.323 e. The Labute approximate surface area is 107 Å². The highest BCUT2D eigenvalue weighted by Gasteiger charge is 2.29. The summed E-state index contributed by atoms with van der Waals surface area (Å²) in [5.41, 5.74) is 3.65. The van der Waals surface area contributed by atoms with Gasteiger partial charge >= 0.3 is 5.97 Å². The van der Waals surface area contributed by atoms with Gasteiger partial charge in [0.25, 0.3) is 0 Å². The molecule has 4 nitrogen and oxygen atoms in total. The van der Waals surface area contributed by atoms with Crippen LogP contribution in [0.5, 0.6) is 0 Å². The van der Waals surface area contributed by atoms with E-state index in [0.29, 0.717) is 19.7 Å². The molecule has 1 saturated heterocycles. The number of morpholine rings is 1. The summed E-state index contributed by atoms with van der Waals surface area (Å²) in [6.45, 7) is 6.37. The highest BCUT2D eigenvalue weighted by Crippen LogP contribution is 2.18. The van der Waals surface area contributed by atoms with Crippen molar-refractivity contribution < 1.29 is 14.6 Å². The number of rotatable bonds is 3. The maximum atomic E-state index is 11.2. The Kier molecular flexibility index (Phi) is 3.99. The number of benzene rings is 1. The van der Waals surface area contributed by atoms with E-state index in [4.69, 9.17) is 4.74 Å². The molecule has 1 fully saturated rings. The molecule has 18 heavy (non-hydrogen) atoms. The Morgan fingerprint density at radius 3 is 2.72 bits per heavy atom. The molecule has 1 aromatic carbocycles. The number of carbonyl (C=O) groups is 1. The lowest BCUT2D eigenvalue weighted by atomic mass is 10.0. The summed E-state index contributed by atoms with van der Waals surface area (Å²) in [4.78, 5) is 13.2. The highest BCUT2D eigenvalue weighted by molar-refractivity contribution is 5.73. The predicted molar refractivity (Wildman–Crippen MR) is 68.6 cm³/mol. The van der Waals surface area contributed by atoms with E-state index in [1.165, 1.54) is 16.7 Å². The monoisotopic (exact) mass is 249 g/mol. The number of carboxylic acids is 1. The Bertz CT molecular complexity index is 424. The third-order valence-corrected chi connectivity index (χ3v) is 3.53. The summed E-state index contributed by atoms with van der Waals surface area (Å²) in [5, 5.41) is 9.20. The van der Waals surface area contributed by atoms with Crippen LogP contribution in [0.4, 0.5) is 0 Å². The first-order valence-corrected chi connectivity index (χ1v) is 6.19. The van der Waals surface area contributed by atoms with Gasteiger partial charge in [-0.1, -0.05) is 18.2 Å². The number of carboxylic acid groups (broad SMARTS) is 1. The number of hydrogen-bond acceptors (Lipinski definition) is 3. The van der Waals surface area contributed by atoms with Crippen LogP contribution < -0.4 is 0 Å². The van der Waals surface area contributed by atoms with Gasteiger partial charge < -0.3 is 9.84 Å². The third kappa shape index (κ3) is 2.71. The number of nitrogens with zero attached hydrogens (tertiary/aromatic N) is 1. The van der Waals surface area contributed by atoms with Crippen LogP contribution in [0.25, 0.3) is 0 Å².